The van der Waals surface area contributed by atoms with Crippen LogP contribution < -0.4 is 4.65 Å². The first-order valence-corrected chi connectivity index (χ1v) is 6.83. The fraction of sp³-hybridized carbons (Fsp3) is 0.667. The molecule has 1 aliphatic rings. The number of unbranched alkanes of at least 4 members (excludes halogenated alkanes) is 1. The summed E-state index contributed by atoms with van der Waals surface area (Å²) in [5.41, 5.74) is 2.85. The van der Waals surface area contributed by atoms with Gasteiger partial charge in [0.2, 0.25) is 0 Å². The summed E-state index contributed by atoms with van der Waals surface area (Å²) >= 11 is 0. The van der Waals surface area contributed by atoms with E-state index in [9.17, 15) is 0 Å². The zero-order chi connectivity index (χ0) is 7.40. The van der Waals surface area contributed by atoms with Crippen molar-refractivity contribution in [1.29, 1.82) is 0 Å². The molecule has 1 heterocycles. The minimum Gasteiger partial charge on any atom is -0.333 e. The van der Waals surface area contributed by atoms with Gasteiger partial charge in [-0.05, 0) is 13.0 Å². The highest BCUT2D eigenvalue weighted by atomic mass is 28.4. The second-order valence-electron chi connectivity index (χ2n) is 2.60. The fourth-order valence-corrected chi connectivity index (χ4v) is 5.36. The van der Waals surface area contributed by atoms with E-state index in [1.54, 1.807) is 0 Å². The average molecular weight is 170 g/mol. The quantitative estimate of drug-likeness (QED) is 0.435. The molecule has 1 atom stereocenters. The van der Waals surface area contributed by atoms with Gasteiger partial charge >= 0.3 is 0 Å². The zero-order valence-electron chi connectivity index (χ0n) is 6.43. The third-order valence-electron chi connectivity index (χ3n) is 1.81. The van der Waals surface area contributed by atoms with Crippen molar-refractivity contribution in [2.24, 2.45) is 0 Å². The maximum atomic E-state index is 5.33. The molecule has 4 heteroatoms. The van der Waals surface area contributed by atoms with Crippen LogP contribution in [-0.4, -0.2) is 29.7 Å². The lowest BCUT2D eigenvalue weighted by Gasteiger charge is -2.37. The molecule has 0 aromatic rings. The van der Waals surface area contributed by atoms with Gasteiger partial charge in [-0.15, -0.1) is 12.0 Å². The first kappa shape index (κ1) is 8.01. The molecule has 0 bridgehead atoms. The van der Waals surface area contributed by atoms with E-state index in [2.05, 4.69) is 21.3 Å². The fourth-order valence-electron chi connectivity index (χ4n) is 1.05. The molecule has 2 nitrogen and oxygen atoms in total. The number of hydrogen-bond acceptors (Lipinski definition) is 2. The molecule has 0 aromatic carbocycles. The molecule has 0 aliphatic carbocycles. The van der Waals surface area contributed by atoms with Gasteiger partial charge in [-0.3, -0.25) is 0 Å². The van der Waals surface area contributed by atoms with Gasteiger partial charge in [0.15, 0.2) is 9.84 Å². The van der Waals surface area contributed by atoms with Gasteiger partial charge in [-0.1, -0.05) is 13.3 Å². The van der Waals surface area contributed by atoms with Crippen molar-refractivity contribution in [1.82, 2.24) is 8.88 Å². The Bertz CT molecular complexity index is 143. The lowest BCUT2D eigenvalue weighted by atomic mass is 10.3. The number of rotatable bonds is 3. The van der Waals surface area contributed by atoms with E-state index in [1.807, 2.05) is 0 Å². The van der Waals surface area contributed by atoms with E-state index < -0.39 is 9.12 Å². The van der Waals surface area contributed by atoms with Gasteiger partial charge in [-0.2, -0.15) is 0 Å². The van der Waals surface area contributed by atoms with Crippen LogP contribution in [0.1, 0.15) is 19.8 Å². The first-order valence-electron chi connectivity index (χ1n) is 3.82. The van der Waals surface area contributed by atoms with E-state index in [4.69, 9.17) is 6.42 Å². The standard InChI is InChI=1S/C6H14N2Si2/c1-3-5-6-8-9-7-10(8)4-2/h2,7,10H,3,5-6,9H2,1H3. The van der Waals surface area contributed by atoms with Gasteiger partial charge in [0.25, 0.3) is 9.12 Å². The van der Waals surface area contributed by atoms with Crippen LogP contribution in [0.5, 0.6) is 0 Å². The summed E-state index contributed by atoms with van der Waals surface area (Å²) in [7, 11) is -1.01. The third-order valence-corrected chi connectivity index (χ3v) is 7.76. The molecular formula is C6H14N2Si2. The van der Waals surface area contributed by atoms with Crippen LogP contribution in [0.4, 0.5) is 0 Å². The van der Waals surface area contributed by atoms with E-state index in [0.29, 0.717) is 0 Å². The lowest BCUT2D eigenvalue weighted by molar-refractivity contribution is 0.574. The summed E-state index contributed by atoms with van der Waals surface area (Å²) < 4.78 is 5.97. The van der Waals surface area contributed by atoms with E-state index >= 15 is 0 Å². The lowest BCUT2D eigenvalue weighted by Crippen LogP contribution is -2.68. The van der Waals surface area contributed by atoms with Gasteiger partial charge in [0.05, 0.1) is 0 Å². The molecule has 1 unspecified atom stereocenters. The second-order valence-corrected chi connectivity index (χ2v) is 7.96. The largest absolute Gasteiger partial charge is 0.333 e. The minimum atomic E-state index is -0.954. The van der Waals surface area contributed by atoms with Crippen molar-refractivity contribution in [2.45, 2.75) is 19.8 Å². The summed E-state index contributed by atoms with van der Waals surface area (Å²) in [5.74, 6) is 0. The smallest absolute Gasteiger partial charge is 0.258 e. The van der Waals surface area contributed by atoms with Crippen LogP contribution in [0.15, 0.2) is 0 Å². The van der Waals surface area contributed by atoms with Crippen molar-refractivity contribution < 1.29 is 0 Å². The Morgan fingerprint density at radius 2 is 2.60 bits per heavy atom. The summed E-state index contributed by atoms with van der Waals surface area (Å²) in [4.78, 5) is 0. The zero-order valence-corrected chi connectivity index (χ0v) is 9.00. The molecule has 10 heavy (non-hydrogen) atoms. The average Bonchev–Trinajstić information content (AvgIpc) is 1.88. The topological polar surface area (TPSA) is 15.3 Å². The monoisotopic (exact) mass is 170 g/mol. The summed E-state index contributed by atoms with van der Waals surface area (Å²) in [6, 6.07) is 0. The van der Waals surface area contributed by atoms with Crippen LogP contribution in [0.25, 0.3) is 0 Å². The Morgan fingerprint density at radius 1 is 1.80 bits per heavy atom. The van der Waals surface area contributed by atoms with Crippen molar-refractivity contribution in [3.63, 3.8) is 0 Å². The maximum absolute atomic E-state index is 5.33. The van der Waals surface area contributed by atoms with Gasteiger partial charge in [-0.25, -0.2) is 0 Å². The highest BCUT2D eigenvalue weighted by molar-refractivity contribution is 6.82. The van der Waals surface area contributed by atoms with Gasteiger partial charge in [0, 0.05) is 0 Å². The maximum Gasteiger partial charge on any atom is 0.258 e. The van der Waals surface area contributed by atoms with Gasteiger partial charge in [0.1, 0.15) is 0 Å². The summed E-state index contributed by atoms with van der Waals surface area (Å²) in [6.45, 7) is 3.48. The van der Waals surface area contributed by atoms with E-state index in [-0.39, 0.29) is 9.84 Å². The molecule has 1 saturated heterocycles. The Kier molecular flexibility index (Phi) is 3.15. The SMILES string of the molecule is C#C[SiH]1N[SiH2]N1CCCC. The van der Waals surface area contributed by atoms with E-state index in [0.717, 1.165) is 0 Å². The molecular weight excluding hydrogens is 156 g/mol. The molecule has 0 amide bonds. The Hall–Kier alpha value is -0.0862. The van der Waals surface area contributed by atoms with Crippen molar-refractivity contribution in [2.75, 3.05) is 6.54 Å². The van der Waals surface area contributed by atoms with Crippen LogP contribution in [-0.2, 0) is 0 Å². The number of nitrogens with zero attached hydrogens (tertiary/aromatic N) is 1. The van der Waals surface area contributed by atoms with Crippen molar-refractivity contribution in [3.8, 4) is 12.0 Å². The van der Waals surface area contributed by atoms with Crippen molar-refractivity contribution in [3.05, 3.63) is 0 Å². The molecule has 1 rings (SSSR count). The highest BCUT2D eigenvalue weighted by Crippen LogP contribution is 1.99. The van der Waals surface area contributed by atoms with Gasteiger partial charge < -0.3 is 8.88 Å². The predicted octanol–water partition coefficient (Wildman–Crippen LogP) is -0.917. The van der Waals surface area contributed by atoms with Crippen LogP contribution in [0, 0.1) is 12.0 Å². The van der Waals surface area contributed by atoms with E-state index in [1.165, 1.54) is 19.4 Å². The van der Waals surface area contributed by atoms with Crippen LogP contribution in [0.3, 0.4) is 0 Å². The molecule has 0 saturated carbocycles. The normalized spacial score (nSPS) is 27.8. The molecule has 1 fully saturated rings. The molecule has 56 valence electrons. The number of terminal acetylenes is 1. The molecule has 0 aromatic heterocycles. The number of hydrogen-bond donors (Lipinski definition) is 1. The minimum absolute atomic E-state index is 0.0573. The second kappa shape index (κ2) is 3.93. The molecule has 0 radical (unpaired) electrons. The Labute approximate surface area is 66.7 Å². The van der Waals surface area contributed by atoms with Crippen LogP contribution >= 0.6 is 0 Å². The Morgan fingerprint density at radius 3 is 3.00 bits per heavy atom. The first-order chi connectivity index (χ1) is 4.88. The molecule has 0 spiro atoms. The summed E-state index contributed by atoms with van der Waals surface area (Å²) in [6.07, 6.45) is 7.93. The highest BCUT2D eigenvalue weighted by Gasteiger charge is 2.26. The molecule has 1 aliphatic heterocycles. The number of nitrogens with one attached hydrogen (secondary N) is 1. The third kappa shape index (κ3) is 1.70. The van der Waals surface area contributed by atoms with Crippen LogP contribution in [0.2, 0.25) is 0 Å². The Balaban J connectivity index is 2.12. The predicted molar refractivity (Wildman–Crippen MR) is 49.3 cm³/mol. The summed E-state index contributed by atoms with van der Waals surface area (Å²) in [5, 5.41) is 0. The van der Waals surface area contributed by atoms with Crippen molar-refractivity contribution >= 4 is 19.0 Å². The molecule has 1 N–H and O–H groups in total.